The second-order valence-electron chi connectivity index (χ2n) is 7.02. The molecule has 0 aliphatic heterocycles. The molecule has 0 radical (unpaired) electrons. The van der Waals surface area contributed by atoms with Gasteiger partial charge in [-0.25, -0.2) is 0 Å². The number of aryl methyl sites for hydroxylation is 1. The fourth-order valence-corrected chi connectivity index (χ4v) is 3.39. The van der Waals surface area contributed by atoms with Gasteiger partial charge in [0, 0.05) is 12.1 Å². The summed E-state index contributed by atoms with van der Waals surface area (Å²) in [5.74, 6) is 1.27. The Morgan fingerprint density at radius 1 is 0.786 bits per heavy atom. The molecular formula is C24H23N3O. The molecule has 0 aliphatic carbocycles. The van der Waals surface area contributed by atoms with E-state index in [0.29, 0.717) is 18.3 Å². The summed E-state index contributed by atoms with van der Waals surface area (Å²) in [5.41, 5.74) is 5.90. The predicted octanol–water partition coefficient (Wildman–Crippen LogP) is 5.34. The van der Waals surface area contributed by atoms with Gasteiger partial charge in [-0.15, -0.1) is 0 Å². The Kier molecular flexibility index (Phi) is 5.31. The standard InChI is InChI=1S/C24H23N3O/c1-18-10-6-8-14-21(18)24-25-23(28-26-24)17-27(2)16-20-13-7-9-15-22(20)19-11-4-3-5-12-19/h3-15H,16-17H2,1-2H3. The molecule has 0 amide bonds. The molecule has 4 heteroatoms. The molecule has 0 N–H and O–H groups in total. The van der Waals surface area contributed by atoms with Gasteiger partial charge in [0.25, 0.3) is 0 Å². The normalized spacial score (nSPS) is 11.1. The van der Waals surface area contributed by atoms with Gasteiger partial charge in [0.05, 0.1) is 6.54 Å². The summed E-state index contributed by atoms with van der Waals surface area (Å²) < 4.78 is 5.49. The molecule has 0 unspecified atom stereocenters. The first-order chi connectivity index (χ1) is 13.7. The molecule has 3 aromatic carbocycles. The zero-order chi connectivity index (χ0) is 19.3. The Labute approximate surface area is 165 Å². The van der Waals surface area contributed by atoms with Crippen LogP contribution in [0.2, 0.25) is 0 Å². The third kappa shape index (κ3) is 4.02. The van der Waals surface area contributed by atoms with Gasteiger partial charge in [0.2, 0.25) is 11.7 Å². The van der Waals surface area contributed by atoms with E-state index in [1.807, 2.05) is 24.3 Å². The van der Waals surface area contributed by atoms with Crippen LogP contribution in [-0.2, 0) is 13.1 Å². The fraction of sp³-hybridized carbons (Fsp3) is 0.167. The molecule has 0 bridgehead atoms. The molecule has 0 aliphatic rings. The van der Waals surface area contributed by atoms with Crippen molar-refractivity contribution < 1.29 is 4.52 Å². The minimum atomic E-state index is 0.599. The lowest BCUT2D eigenvalue weighted by Crippen LogP contribution is -2.18. The summed E-state index contributed by atoms with van der Waals surface area (Å²) >= 11 is 0. The Balaban J connectivity index is 1.49. The van der Waals surface area contributed by atoms with Crippen molar-refractivity contribution >= 4 is 0 Å². The third-order valence-corrected chi connectivity index (χ3v) is 4.80. The number of aromatic nitrogens is 2. The van der Waals surface area contributed by atoms with Gasteiger partial charge in [-0.05, 0) is 36.2 Å². The molecule has 140 valence electrons. The SMILES string of the molecule is Cc1ccccc1-c1noc(CN(C)Cc2ccccc2-c2ccccc2)n1. The Morgan fingerprint density at radius 2 is 1.46 bits per heavy atom. The largest absolute Gasteiger partial charge is 0.338 e. The van der Waals surface area contributed by atoms with Gasteiger partial charge in [-0.2, -0.15) is 4.98 Å². The van der Waals surface area contributed by atoms with Crippen molar-refractivity contribution in [3.8, 4) is 22.5 Å². The molecule has 1 heterocycles. The van der Waals surface area contributed by atoms with Gasteiger partial charge in [-0.1, -0.05) is 84.0 Å². The van der Waals surface area contributed by atoms with E-state index in [1.165, 1.54) is 16.7 Å². The number of nitrogens with zero attached hydrogens (tertiary/aromatic N) is 3. The van der Waals surface area contributed by atoms with Crippen molar-refractivity contribution in [3.05, 3.63) is 95.9 Å². The lowest BCUT2D eigenvalue weighted by molar-refractivity contribution is 0.261. The molecule has 4 aromatic rings. The van der Waals surface area contributed by atoms with E-state index in [9.17, 15) is 0 Å². The monoisotopic (exact) mass is 369 g/mol. The van der Waals surface area contributed by atoms with Crippen LogP contribution in [0.1, 0.15) is 17.0 Å². The van der Waals surface area contributed by atoms with Gasteiger partial charge in [0.1, 0.15) is 0 Å². The quantitative estimate of drug-likeness (QED) is 0.460. The van der Waals surface area contributed by atoms with Crippen LogP contribution < -0.4 is 0 Å². The zero-order valence-electron chi connectivity index (χ0n) is 16.2. The molecule has 4 nitrogen and oxygen atoms in total. The van der Waals surface area contributed by atoms with E-state index in [-0.39, 0.29) is 0 Å². The highest BCUT2D eigenvalue weighted by Crippen LogP contribution is 2.25. The van der Waals surface area contributed by atoms with Gasteiger partial charge in [-0.3, -0.25) is 4.90 Å². The summed E-state index contributed by atoms with van der Waals surface area (Å²) in [6, 6.07) is 27.0. The minimum Gasteiger partial charge on any atom is -0.338 e. The van der Waals surface area contributed by atoms with E-state index in [0.717, 1.165) is 17.7 Å². The second-order valence-corrected chi connectivity index (χ2v) is 7.02. The summed E-state index contributed by atoms with van der Waals surface area (Å²) in [7, 11) is 2.07. The number of rotatable bonds is 6. The first kappa shape index (κ1) is 18.1. The van der Waals surface area contributed by atoms with E-state index in [2.05, 4.69) is 83.6 Å². The van der Waals surface area contributed by atoms with E-state index in [1.54, 1.807) is 0 Å². The summed E-state index contributed by atoms with van der Waals surface area (Å²) in [5, 5.41) is 4.16. The molecule has 0 fully saturated rings. The van der Waals surface area contributed by atoms with Crippen LogP contribution in [0.15, 0.2) is 83.4 Å². The maximum Gasteiger partial charge on any atom is 0.241 e. The third-order valence-electron chi connectivity index (χ3n) is 4.80. The molecular weight excluding hydrogens is 346 g/mol. The van der Waals surface area contributed by atoms with Gasteiger partial charge in [0.15, 0.2) is 0 Å². The van der Waals surface area contributed by atoms with Crippen LogP contribution in [0.3, 0.4) is 0 Å². The first-order valence-electron chi connectivity index (χ1n) is 9.41. The predicted molar refractivity (Wildman–Crippen MR) is 112 cm³/mol. The lowest BCUT2D eigenvalue weighted by Gasteiger charge is -2.17. The molecule has 28 heavy (non-hydrogen) atoms. The Bertz CT molecular complexity index is 1060. The summed E-state index contributed by atoms with van der Waals surface area (Å²) in [6.07, 6.45) is 0. The summed E-state index contributed by atoms with van der Waals surface area (Å²) in [6.45, 7) is 3.45. The highest BCUT2D eigenvalue weighted by molar-refractivity contribution is 5.67. The molecule has 1 aromatic heterocycles. The minimum absolute atomic E-state index is 0.599. The second kappa shape index (κ2) is 8.19. The topological polar surface area (TPSA) is 42.2 Å². The van der Waals surface area contributed by atoms with E-state index >= 15 is 0 Å². The van der Waals surface area contributed by atoms with Crippen LogP contribution in [-0.4, -0.2) is 22.1 Å². The van der Waals surface area contributed by atoms with Crippen molar-refractivity contribution in [2.45, 2.75) is 20.0 Å². The lowest BCUT2D eigenvalue weighted by atomic mass is 9.99. The average Bonchev–Trinajstić information content (AvgIpc) is 3.17. The Hall–Kier alpha value is -3.24. The van der Waals surface area contributed by atoms with Crippen molar-refractivity contribution in [1.82, 2.24) is 15.0 Å². The molecule has 0 saturated heterocycles. The van der Waals surface area contributed by atoms with Crippen LogP contribution in [0, 0.1) is 6.92 Å². The Morgan fingerprint density at radius 3 is 2.25 bits per heavy atom. The number of hydrogen-bond donors (Lipinski definition) is 0. The van der Waals surface area contributed by atoms with Crippen LogP contribution in [0.4, 0.5) is 0 Å². The summed E-state index contributed by atoms with van der Waals surface area (Å²) in [4.78, 5) is 6.78. The van der Waals surface area contributed by atoms with Crippen molar-refractivity contribution in [3.63, 3.8) is 0 Å². The average molecular weight is 369 g/mol. The maximum absolute atomic E-state index is 5.49. The molecule has 0 atom stereocenters. The zero-order valence-corrected chi connectivity index (χ0v) is 16.2. The van der Waals surface area contributed by atoms with Crippen molar-refractivity contribution in [2.75, 3.05) is 7.05 Å². The molecule has 0 saturated carbocycles. The van der Waals surface area contributed by atoms with Crippen LogP contribution in [0.5, 0.6) is 0 Å². The van der Waals surface area contributed by atoms with E-state index in [4.69, 9.17) is 4.52 Å². The van der Waals surface area contributed by atoms with Gasteiger partial charge >= 0.3 is 0 Å². The first-order valence-corrected chi connectivity index (χ1v) is 9.41. The smallest absolute Gasteiger partial charge is 0.241 e. The van der Waals surface area contributed by atoms with Gasteiger partial charge < -0.3 is 4.52 Å². The highest BCUT2D eigenvalue weighted by atomic mass is 16.5. The van der Waals surface area contributed by atoms with Crippen LogP contribution in [0.25, 0.3) is 22.5 Å². The molecule has 4 rings (SSSR count). The van der Waals surface area contributed by atoms with E-state index < -0.39 is 0 Å². The highest BCUT2D eigenvalue weighted by Gasteiger charge is 2.13. The maximum atomic E-state index is 5.49. The fourth-order valence-electron chi connectivity index (χ4n) is 3.39. The number of benzene rings is 3. The van der Waals surface area contributed by atoms with Crippen molar-refractivity contribution in [2.24, 2.45) is 0 Å². The number of hydrogen-bond acceptors (Lipinski definition) is 4. The van der Waals surface area contributed by atoms with Crippen molar-refractivity contribution in [1.29, 1.82) is 0 Å². The van der Waals surface area contributed by atoms with Crippen LogP contribution >= 0.6 is 0 Å². The molecule has 0 spiro atoms.